The molecule has 0 radical (unpaired) electrons. The highest BCUT2D eigenvalue weighted by Crippen LogP contribution is 2.26. The van der Waals surface area contributed by atoms with Crippen LogP contribution in [0.4, 0.5) is 0 Å². The third-order valence-corrected chi connectivity index (χ3v) is 3.53. The van der Waals surface area contributed by atoms with Gasteiger partial charge in [0.15, 0.2) is 5.12 Å². The van der Waals surface area contributed by atoms with Gasteiger partial charge in [0, 0.05) is 12.7 Å². The first-order valence-corrected chi connectivity index (χ1v) is 6.58. The average Bonchev–Trinajstić information content (AvgIpc) is 2.34. The summed E-state index contributed by atoms with van der Waals surface area (Å²) in [5.41, 5.74) is 1.49. The molecule has 0 amide bonds. The van der Waals surface area contributed by atoms with E-state index in [-0.39, 0.29) is 10.9 Å². The second-order valence-electron chi connectivity index (χ2n) is 4.04. The largest absolute Gasteiger partial charge is 0.497 e. The van der Waals surface area contributed by atoms with Crippen molar-refractivity contribution in [1.82, 2.24) is 0 Å². The minimum atomic E-state index is -0.997. The fourth-order valence-electron chi connectivity index (χ4n) is 1.61. The van der Waals surface area contributed by atoms with E-state index in [9.17, 15) is 15.0 Å². The Bertz CT molecular complexity index is 419. The van der Waals surface area contributed by atoms with E-state index in [2.05, 4.69) is 0 Å². The molecule has 18 heavy (non-hydrogen) atoms. The Balaban J connectivity index is 2.76. The van der Waals surface area contributed by atoms with E-state index in [0.29, 0.717) is 11.3 Å². The van der Waals surface area contributed by atoms with Gasteiger partial charge in [-0.05, 0) is 30.2 Å². The lowest BCUT2D eigenvalue weighted by molar-refractivity contribution is -0.109. The number of methoxy groups -OCH3 is 1. The first-order chi connectivity index (χ1) is 8.45. The second-order valence-corrected chi connectivity index (χ2v) is 5.23. The van der Waals surface area contributed by atoms with Crippen molar-refractivity contribution in [2.45, 2.75) is 26.1 Å². The van der Waals surface area contributed by atoms with Crippen LogP contribution in [0.1, 0.15) is 24.2 Å². The minimum Gasteiger partial charge on any atom is -0.497 e. The summed E-state index contributed by atoms with van der Waals surface area (Å²) < 4.78 is 5.08. The monoisotopic (exact) mass is 270 g/mol. The van der Waals surface area contributed by atoms with Crippen LogP contribution in [0.2, 0.25) is 0 Å². The molecular weight excluding hydrogens is 252 g/mol. The molecule has 2 N–H and O–H groups in total. The van der Waals surface area contributed by atoms with Crippen LogP contribution >= 0.6 is 11.8 Å². The molecule has 0 aromatic heterocycles. The van der Waals surface area contributed by atoms with Crippen LogP contribution in [-0.2, 0) is 4.79 Å². The lowest BCUT2D eigenvalue weighted by atomic mass is 10.00. The van der Waals surface area contributed by atoms with Gasteiger partial charge < -0.3 is 14.9 Å². The normalized spacial score (nSPS) is 14.1. The molecule has 0 fully saturated rings. The molecule has 0 aliphatic heterocycles. The Kier molecular flexibility index (Phi) is 5.65. The minimum absolute atomic E-state index is 0.0762. The lowest BCUT2D eigenvalue weighted by Gasteiger charge is -2.19. The molecule has 0 aliphatic carbocycles. The molecule has 0 bridgehead atoms. The fraction of sp³-hybridized carbons (Fsp3) is 0.462. The highest BCUT2D eigenvalue weighted by Gasteiger charge is 2.20. The molecule has 2 atom stereocenters. The molecule has 1 rings (SSSR count). The number of carbonyl (C=O) groups excluding carboxylic acids is 1. The van der Waals surface area contributed by atoms with Gasteiger partial charge in [0.05, 0.1) is 13.2 Å². The van der Waals surface area contributed by atoms with Crippen molar-refractivity contribution in [2.24, 2.45) is 0 Å². The fourth-order valence-corrected chi connectivity index (χ4v) is 2.20. The molecule has 100 valence electrons. The maximum absolute atomic E-state index is 10.8. The molecule has 0 spiro atoms. The molecule has 0 saturated heterocycles. The SMILES string of the molecule is COc1ccc(C(O)C(O)CSC(C)=O)c(C)c1. The van der Waals surface area contributed by atoms with Crippen molar-refractivity contribution in [3.63, 3.8) is 0 Å². The Morgan fingerprint density at radius 3 is 2.61 bits per heavy atom. The van der Waals surface area contributed by atoms with E-state index in [1.807, 2.05) is 6.92 Å². The smallest absolute Gasteiger partial charge is 0.185 e. The molecule has 1 aromatic carbocycles. The Morgan fingerprint density at radius 2 is 2.11 bits per heavy atom. The zero-order valence-electron chi connectivity index (χ0n) is 10.7. The highest BCUT2D eigenvalue weighted by molar-refractivity contribution is 8.13. The number of carbonyl (C=O) groups is 1. The van der Waals surface area contributed by atoms with Gasteiger partial charge in [-0.3, -0.25) is 4.79 Å². The van der Waals surface area contributed by atoms with E-state index in [4.69, 9.17) is 4.74 Å². The van der Waals surface area contributed by atoms with Crippen molar-refractivity contribution in [3.8, 4) is 5.75 Å². The predicted octanol–water partition coefficient (Wildman–Crippen LogP) is 1.68. The van der Waals surface area contributed by atoms with Gasteiger partial charge in [-0.15, -0.1) is 0 Å². The predicted molar refractivity (Wildman–Crippen MR) is 71.8 cm³/mol. The molecule has 1 aromatic rings. The number of aliphatic hydroxyl groups excluding tert-OH is 2. The number of aryl methyl sites for hydroxylation is 1. The molecule has 0 heterocycles. The van der Waals surface area contributed by atoms with E-state index in [1.165, 1.54) is 6.92 Å². The summed E-state index contributed by atoms with van der Waals surface area (Å²) in [7, 11) is 1.57. The van der Waals surface area contributed by atoms with E-state index in [0.717, 1.165) is 17.3 Å². The lowest BCUT2D eigenvalue weighted by Crippen LogP contribution is -2.22. The van der Waals surface area contributed by atoms with Gasteiger partial charge in [-0.2, -0.15) is 0 Å². The van der Waals surface area contributed by atoms with Crippen LogP contribution < -0.4 is 4.74 Å². The maximum atomic E-state index is 10.8. The van der Waals surface area contributed by atoms with Crippen LogP contribution in [0.5, 0.6) is 5.75 Å². The summed E-state index contributed by atoms with van der Waals surface area (Å²) >= 11 is 1.00. The van der Waals surface area contributed by atoms with Gasteiger partial charge in [0.1, 0.15) is 11.9 Å². The third kappa shape index (κ3) is 4.01. The summed E-state index contributed by atoms with van der Waals surface area (Å²) in [5.74, 6) is 0.887. The van der Waals surface area contributed by atoms with Gasteiger partial charge >= 0.3 is 0 Å². The number of benzene rings is 1. The number of hydrogen-bond donors (Lipinski definition) is 2. The summed E-state index contributed by atoms with van der Waals surface area (Å²) in [4.78, 5) is 10.8. The van der Waals surface area contributed by atoms with Crippen LogP contribution in [0, 0.1) is 6.92 Å². The summed E-state index contributed by atoms with van der Waals surface area (Å²) in [6.45, 7) is 3.27. The Morgan fingerprint density at radius 1 is 1.44 bits per heavy atom. The second kappa shape index (κ2) is 6.78. The average molecular weight is 270 g/mol. The van der Waals surface area contributed by atoms with Gasteiger partial charge in [-0.1, -0.05) is 17.8 Å². The van der Waals surface area contributed by atoms with Crippen LogP contribution in [0.15, 0.2) is 18.2 Å². The molecule has 4 nitrogen and oxygen atoms in total. The maximum Gasteiger partial charge on any atom is 0.185 e. The van der Waals surface area contributed by atoms with Crippen LogP contribution in [-0.4, -0.2) is 34.3 Å². The zero-order chi connectivity index (χ0) is 13.7. The zero-order valence-corrected chi connectivity index (χ0v) is 11.5. The first kappa shape index (κ1) is 15.0. The Labute approximate surface area is 111 Å². The summed E-state index contributed by atoms with van der Waals surface area (Å²) in [6.07, 6.45) is -1.96. The highest BCUT2D eigenvalue weighted by atomic mass is 32.2. The third-order valence-electron chi connectivity index (χ3n) is 2.62. The molecule has 2 unspecified atom stereocenters. The number of rotatable bonds is 5. The first-order valence-electron chi connectivity index (χ1n) is 5.59. The van der Waals surface area contributed by atoms with Gasteiger partial charge in [0.25, 0.3) is 0 Å². The summed E-state index contributed by atoms with van der Waals surface area (Å²) in [5, 5.41) is 19.8. The Hall–Kier alpha value is -1.04. The number of aliphatic hydroxyl groups is 2. The summed E-state index contributed by atoms with van der Waals surface area (Å²) in [6, 6.07) is 5.25. The molecule has 0 aliphatic rings. The van der Waals surface area contributed by atoms with Crippen molar-refractivity contribution < 1.29 is 19.7 Å². The van der Waals surface area contributed by atoms with Crippen molar-refractivity contribution in [1.29, 1.82) is 0 Å². The van der Waals surface area contributed by atoms with Crippen molar-refractivity contribution in [2.75, 3.05) is 12.9 Å². The van der Waals surface area contributed by atoms with Crippen LogP contribution in [0.25, 0.3) is 0 Å². The van der Waals surface area contributed by atoms with E-state index in [1.54, 1.807) is 25.3 Å². The standard InChI is InChI=1S/C13H18O4S/c1-8-6-10(17-3)4-5-11(8)13(16)12(15)7-18-9(2)14/h4-6,12-13,15-16H,7H2,1-3H3. The molecule has 5 heteroatoms. The van der Waals surface area contributed by atoms with E-state index < -0.39 is 12.2 Å². The molecular formula is C13H18O4S. The van der Waals surface area contributed by atoms with E-state index >= 15 is 0 Å². The quantitative estimate of drug-likeness (QED) is 0.852. The molecule has 0 saturated carbocycles. The van der Waals surface area contributed by atoms with Crippen molar-refractivity contribution >= 4 is 16.9 Å². The topological polar surface area (TPSA) is 66.8 Å². The van der Waals surface area contributed by atoms with Crippen LogP contribution in [0.3, 0.4) is 0 Å². The van der Waals surface area contributed by atoms with Crippen molar-refractivity contribution in [3.05, 3.63) is 29.3 Å². The van der Waals surface area contributed by atoms with Gasteiger partial charge in [0.2, 0.25) is 0 Å². The number of thioether (sulfide) groups is 1. The number of ether oxygens (including phenoxy) is 1. The van der Waals surface area contributed by atoms with Gasteiger partial charge in [-0.25, -0.2) is 0 Å². The number of hydrogen-bond acceptors (Lipinski definition) is 5.